The van der Waals surface area contributed by atoms with E-state index in [4.69, 9.17) is 4.74 Å². The van der Waals surface area contributed by atoms with Crippen LogP contribution in [-0.4, -0.2) is 27.9 Å². The Bertz CT molecular complexity index is 428. The maximum atomic E-state index is 12.1. The Labute approximate surface area is 119 Å². The highest BCUT2D eigenvalue weighted by molar-refractivity contribution is 8.00. The first-order valence-electron chi connectivity index (χ1n) is 6.91. The summed E-state index contributed by atoms with van der Waals surface area (Å²) in [6.45, 7) is 3.93. The lowest BCUT2D eigenvalue weighted by Crippen LogP contribution is -2.09. The quantitative estimate of drug-likeness (QED) is 0.744. The number of thioether (sulfide) groups is 1. The van der Waals surface area contributed by atoms with E-state index in [-0.39, 0.29) is 11.9 Å². The van der Waals surface area contributed by atoms with Gasteiger partial charge in [0.05, 0.1) is 18.1 Å². The van der Waals surface area contributed by atoms with Crippen LogP contribution in [0.4, 0.5) is 0 Å². The second-order valence-corrected chi connectivity index (χ2v) is 6.51. The summed E-state index contributed by atoms with van der Waals surface area (Å²) in [5.74, 6) is 1.38. The zero-order valence-corrected chi connectivity index (χ0v) is 12.4. The second kappa shape index (κ2) is 6.94. The van der Waals surface area contributed by atoms with E-state index < -0.39 is 0 Å². The summed E-state index contributed by atoms with van der Waals surface area (Å²) in [6, 6.07) is 1.80. The third-order valence-electron chi connectivity index (χ3n) is 3.16. The summed E-state index contributed by atoms with van der Waals surface area (Å²) in [5.41, 5.74) is 0.656. The highest BCUT2D eigenvalue weighted by Crippen LogP contribution is 2.29. The van der Waals surface area contributed by atoms with Gasteiger partial charge in [-0.25, -0.2) is 0 Å². The summed E-state index contributed by atoms with van der Waals surface area (Å²) >= 11 is 1.79. The van der Waals surface area contributed by atoms with Crippen LogP contribution in [0.5, 0.6) is 5.75 Å². The average Bonchev–Trinajstić information content (AvgIpc) is 2.88. The lowest BCUT2D eigenvalue weighted by atomic mass is 10.2. The van der Waals surface area contributed by atoms with Crippen molar-refractivity contribution in [1.82, 2.24) is 4.98 Å². The number of carbonyl (C=O) groups excluding carboxylic acids is 1. The second-order valence-electron chi connectivity index (χ2n) is 5.22. The fourth-order valence-corrected chi connectivity index (χ4v) is 3.46. The van der Waals surface area contributed by atoms with Gasteiger partial charge in [-0.2, -0.15) is 11.8 Å². The molecule has 0 aliphatic heterocycles. The van der Waals surface area contributed by atoms with E-state index in [1.165, 1.54) is 25.7 Å². The van der Waals surface area contributed by atoms with E-state index in [1.54, 1.807) is 30.2 Å². The fraction of sp³-hybridized carbons (Fsp3) is 0.600. The Hall–Kier alpha value is -1.03. The van der Waals surface area contributed by atoms with Crippen molar-refractivity contribution in [3.8, 4) is 5.75 Å². The Balaban J connectivity index is 1.90. The maximum Gasteiger partial charge on any atom is 0.174 e. The van der Waals surface area contributed by atoms with Crippen LogP contribution < -0.4 is 4.74 Å². The van der Waals surface area contributed by atoms with Gasteiger partial charge in [0.15, 0.2) is 5.78 Å². The Morgan fingerprint density at radius 1 is 1.42 bits per heavy atom. The molecule has 19 heavy (non-hydrogen) atoms. The molecule has 1 aliphatic rings. The Morgan fingerprint density at radius 3 is 2.84 bits per heavy atom. The number of ketones is 1. The number of carbonyl (C=O) groups is 1. The molecule has 0 radical (unpaired) electrons. The van der Waals surface area contributed by atoms with Gasteiger partial charge in [0.25, 0.3) is 0 Å². The van der Waals surface area contributed by atoms with Crippen molar-refractivity contribution in [3.05, 3.63) is 24.0 Å². The van der Waals surface area contributed by atoms with Crippen molar-refractivity contribution in [2.45, 2.75) is 50.9 Å². The number of ether oxygens (including phenoxy) is 1. The van der Waals surface area contributed by atoms with E-state index in [2.05, 4.69) is 4.98 Å². The lowest BCUT2D eigenvalue weighted by molar-refractivity contribution is 0.102. The van der Waals surface area contributed by atoms with Crippen LogP contribution in [0.3, 0.4) is 0 Å². The highest BCUT2D eigenvalue weighted by atomic mass is 32.2. The molecule has 4 heteroatoms. The Kier molecular flexibility index (Phi) is 5.25. The minimum absolute atomic E-state index is 0.0972. The van der Waals surface area contributed by atoms with Crippen LogP contribution in [-0.2, 0) is 0 Å². The van der Waals surface area contributed by atoms with Crippen LogP contribution in [0.15, 0.2) is 18.5 Å². The standard InChI is InChI=1S/C15H21NO2S/c1-11(2)18-13-7-12(8-16-9-13)15(17)10-19-14-5-3-4-6-14/h7-9,11,14H,3-6,10H2,1-2H3. The van der Waals surface area contributed by atoms with Crippen molar-refractivity contribution in [2.75, 3.05) is 5.75 Å². The molecule has 0 atom stereocenters. The third-order valence-corrected chi connectivity index (χ3v) is 4.53. The predicted molar refractivity (Wildman–Crippen MR) is 79.0 cm³/mol. The average molecular weight is 279 g/mol. The summed E-state index contributed by atoms with van der Waals surface area (Å²) < 4.78 is 5.56. The van der Waals surface area contributed by atoms with Crippen molar-refractivity contribution in [3.63, 3.8) is 0 Å². The zero-order chi connectivity index (χ0) is 13.7. The van der Waals surface area contributed by atoms with Gasteiger partial charge in [-0.1, -0.05) is 12.8 Å². The van der Waals surface area contributed by atoms with E-state index >= 15 is 0 Å². The summed E-state index contributed by atoms with van der Waals surface area (Å²) in [5, 5.41) is 0.673. The van der Waals surface area contributed by atoms with Crippen molar-refractivity contribution < 1.29 is 9.53 Å². The number of rotatable bonds is 6. The van der Waals surface area contributed by atoms with Gasteiger partial charge in [0.1, 0.15) is 5.75 Å². The zero-order valence-electron chi connectivity index (χ0n) is 11.6. The van der Waals surface area contributed by atoms with Gasteiger partial charge in [0.2, 0.25) is 0 Å². The number of hydrogen-bond acceptors (Lipinski definition) is 4. The van der Waals surface area contributed by atoms with E-state index in [1.807, 2.05) is 13.8 Å². The van der Waals surface area contributed by atoms with Crippen molar-refractivity contribution >= 4 is 17.5 Å². The monoisotopic (exact) mass is 279 g/mol. The Morgan fingerprint density at radius 2 is 2.16 bits per heavy atom. The molecule has 0 saturated heterocycles. The molecule has 0 aromatic carbocycles. The molecule has 0 bridgehead atoms. The smallest absolute Gasteiger partial charge is 0.174 e. The summed E-state index contributed by atoms with van der Waals surface area (Å²) in [4.78, 5) is 16.2. The first-order valence-corrected chi connectivity index (χ1v) is 7.96. The van der Waals surface area contributed by atoms with Gasteiger partial charge < -0.3 is 4.74 Å². The number of hydrogen-bond donors (Lipinski definition) is 0. The largest absolute Gasteiger partial charge is 0.489 e. The molecule has 1 aromatic heterocycles. The third kappa shape index (κ3) is 4.53. The molecule has 2 rings (SSSR count). The molecule has 1 aliphatic carbocycles. The summed E-state index contributed by atoms with van der Waals surface area (Å²) in [6.07, 6.45) is 8.52. The molecule has 104 valence electrons. The number of Topliss-reactive ketones (excluding diaryl/α,β-unsaturated/α-hetero) is 1. The molecular weight excluding hydrogens is 258 g/mol. The normalized spacial score (nSPS) is 15.9. The van der Waals surface area contributed by atoms with Crippen LogP contribution >= 0.6 is 11.8 Å². The first-order chi connectivity index (χ1) is 9.15. The molecule has 1 fully saturated rings. The van der Waals surface area contributed by atoms with Crippen LogP contribution in [0.2, 0.25) is 0 Å². The van der Waals surface area contributed by atoms with Crippen LogP contribution in [0.25, 0.3) is 0 Å². The predicted octanol–water partition coefficient (Wildman–Crippen LogP) is 3.73. The van der Waals surface area contributed by atoms with Gasteiger partial charge in [0, 0.05) is 17.0 Å². The van der Waals surface area contributed by atoms with Crippen LogP contribution in [0.1, 0.15) is 49.9 Å². The minimum Gasteiger partial charge on any atom is -0.489 e. The van der Waals surface area contributed by atoms with Crippen LogP contribution in [0, 0.1) is 0 Å². The first kappa shape index (κ1) is 14.4. The van der Waals surface area contributed by atoms with E-state index in [0.29, 0.717) is 22.3 Å². The molecule has 0 spiro atoms. The highest BCUT2D eigenvalue weighted by Gasteiger charge is 2.17. The molecule has 0 N–H and O–H groups in total. The number of nitrogens with zero attached hydrogens (tertiary/aromatic N) is 1. The number of pyridine rings is 1. The molecule has 1 saturated carbocycles. The molecule has 1 aromatic rings. The van der Waals surface area contributed by atoms with Crippen molar-refractivity contribution in [2.24, 2.45) is 0 Å². The van der Waals surface area contributed by atoms with Gasteiger partial charge in [-0.3, -0.25) is 9.78 Å². The molecule has 0 unspecified atom stereocenters. The van der Waals surface area contributed by atoms with Crippen molar-refractivity contribution in [1.29, 1.82) is 0 Å². The number of aromatic nitrogens is 1. The molecule has 0 amide bonds. The summed E-state index contributed by atoms with van der Waals surface area (Å²) in [7, 11) is 0. The molecule has 1 heterocycles. The van der Waals surface area contributed by atoms with Gasteiger partial charge in [-0.05, 0) is 32.8 Å². The van der Waals surface area contributed by atoms with E-state index in [0.717, 1.165) is 0 Å². The SMILES string of the molecule is CC(C)Oc1cncc(C(=O)CSC2CCCC2)c1. The topological polar surface area (TPSA) is 39.2 Å². The van der Waals surface area contributed by atoms with Gasteiger partial charge in [-0.15, -0.1) is 0 Å². The lowest BCUT2D eigenvalue weighted by Gasteiger charge is -2.11. The fourth-order valence-electron chi connectivity index (χ4n) is 2.24. The molecule has 3 nitrogen and oxygen atoms in total. The molecular formula is C15H21NO2S. The minimum atomic E-state index is 0.0972. The maximum absolute atomic E-state index is 12.1. The van der Waals surface area contributed by atoms with Gasteiger partial charge >= 0.3 is 0 Å². The van der Waals surface area contributed by atoms with E-state index in [9.17, 15) is 4.79 Å².